The van der Waals surface area contributed by atoms with E-state index in [4.69, 9.17) is 5.14 Å². The van der Waals surface area contributed by atoms with E-state index in [1.807, 2.05) is 12.2 Å². The number of rotatable bonds is 6. The highest BCUT2D eigenvalue weighted by Crippen LogP contribution is 2.14. The number of amides is 1. The van der Waals surface area contributed by atoms with Crippen molar-refractivity contribution in [1.29, 1.82) is 0 Å². The van der Waals surface area contributed by atoms with E-state index in [1.54, 1.807) is 0 Å². The summed E-state index contributed by atoms with van der Waals surface area (Å²) < 4.78 is 47.8. The Labute approximate surface area is 109 Å². The maximum absolute atomic E-state index is 12.0. The van der Waals surface area contributed by atoms with Crippen molar-refractivity contribution in [2.24, 2.45) is 5.14 Å². The summed E-state index contributed by atoms with van der Waals surface area (Å²) in [6.07, 6.45) is -0.805. The van der Waals surface area contributed by atoms with E-state index in [0.29, 0.717) is 13.0 Å². The molecule has 1 heterocycles. The Morgan fingerprint density at radius 2 is 2.16 bits per heavy atom. The molecule has 0 saturated carbocycles. The van der Waals surface area contributed by atoms with Gasteiger partial charge in [0.05, 0.1) is 6.54 Å². The summed E-state index contributed by atoms with van der Waals surface area (Å²) in [5.74, 6) is -0.761. The van der Waals surface area contributed by atoms with Gasteiger partial charge in [-0.25, -0.2) is 22.3 Å². The van der Waals surface area contributed by atoms with Crippen LogP contribution in [0.15, 0.2) is 17.2 Å². The summed E-state index contributed by atoms with van der Waals surface area (Å²) in [4.78, 5) is 11.5. The first-order valence-corrected chi connectivity index (χ1v) is 7.09. The number of carbonyl (C=O) groups excluding carboxylic acids is 1. The van der Waals surface area contributed by atoms with Gasteiger partial charge >= 0.3 is 0 Å². The van der Waals surface area contributed by atoms with Gasteiger partial charge in [0.15, 0.2) is 0 Å². The minimum atomic E-state index is -3.94. The van der Waals surface area contributed by atoms with Gasteiger partial charge in [-0.1, -0.05) is 6.92 Å². The quantitative estimate of drug-likeness (QED) is 0.802. The number of hydrogen-bond donors (Lipinski definition) is 2. The number of alkyl halides is 2. The largest absolute Gasteiger partial charge is 0.345 e. The van der Waals surface area contributed by atoms with Crippen LogP contribution in [0, 0.1) is 0 Å². The lowest BCUT2D eigenvalue weighted by molar-refractivity contribution is 0.0882. The smallest absolute Gasteiger partial charge is 0.268 e. The van der Waals surface area contributed by atoms with Crippen LogP contribution in [0.1, 0.15) is 23.8 Å². The molecule has 108 valence electrons. The number of sulfonamides is 1. The normalized spacial score (nSPS) is 11.8. The third-order valence-corrected chi connectivity index (χ3v) is 3.19. The van der Waals surface area contributed by atoms with E-state index in [9.17, 15) is 22.0 Å². The highest BCUT2D eigenvalue weighted by Gasteiger charge is 2.19. The average Bonchev–Trinajstić information content (AvgIpc) is 2.70. The number of halogens is 2. The second-order valence-electron chi connectivity index (χ2n) is 3.90. The summed E-state index contributed by atoms with van der Waals surface area (Å²) in [5.41, 5.74) is -0.00785. The summed E-state index contributed by atoms with van der Waals surface area (Å²) in [6, 6.07) is 1.08. The van der Waals surface area contributed by atoms with Crippen molar-refractivity contribution in [2.45, 2.75) is 31.2 Å². The Balaban J connectivity index is 3.04. The molecule has 0 aliphatic rings. The predicted molar refractivity (Wildman–Crippen MR) is 64.4 cm³/mol. The maximum atomic E-state index is 12.0. The number of nitrogens with zero attached hydrogens (tertiary/aromatic N) is 1. The Morgan fingerprint density at radius 3 is 2.63 bits per heavy atom. The predicted octanol–water partition coefficient (Wildman–Crippen LogP) is 0.540. The van der Waals surface area contributed by atoms with Gasteiger partial charge in [-0.2, -0.15) is 0 Å². The highest BCUT2D eigenvalue weighted by atomic mass is 32.2. The minimum Gasteiger partial charge on any atom is -0.345 e. The number of aromatic nitrogens is 1. The van der Waals surface area contributed by atoms with E-state index in [2.05, 4.69) is 0 Å². The van der Waals surface area contributed by atoms with Crippen LogP contribution in [-0.2, 0) is 16.6 Å². The maximum Gasteiger partial charge on any atom is 0.268 e. The molecule has 0 spiro atoms. The first-order chi connectivity index (χ1) is 8.75. The van der Waals surface area contributed by atoms with Crippen LogP contribution in [0.3, 0.4) is 0 Å². The molecule has 0 radical (unpaired) electrons. The number of aryl methyl sites for hydroxylation is 1. The average molecular weight is 295 g/mol. The summed E-state index contributed by atoms with van der Waals surface area (Å²) in [5, 5.41) is 6.98. The van der Waals surface area contributed by atoms with Crippen molar-refractivity contribution >= 4 is 15.9 Å². The molecule has 1 aromatic heterocycles. The molecule has 1 rings (SSSR count). The third-order valence-electron chi connectivity index (χ3n) is 2.31. The van der Waals surface area contributed by atoms with Crippen LogP contribution < -0.4 is 10.5 Å². The van der Waals surface area contributed by atoms with Crippen molar-refractivity contribution in [3.05, 3.63) is 18.0 Å². The van der Waals surface area contributed by atoms with E-state index in [-0.39, 0.29) is 10.6 Å². The zero-order valence-electron chi connectivity index (χ0n) is 10.3. The molecular weight excluding hydrogens is 280 g/mol. The Kier molecular flexibility index (Phi) is 5.01. The van der Waals surface area contributed by atoms with Crippen molar-refractivity contribution < 1.29 is 22.0 Å². The molecule has 0 unspecified atom stereocenters. The standard InChI is InChI=1S/C10H15F2N3O3S/c1-2-3-15-6-7(19(13,17)18)4-8(15)10(16)14-5-9(11)12/h4,6,9H,2-3,5H2,1H3,(H,14,16)(H2,13,17,18). The highest BCUT2D eigenvalue weighted by molar-refractivity contribution is 7.89. The Hall–Kier alpha value is -1.48. The Bertz CT molecular complexity index is 554. The van der Waals surface area contributed by atoms with E-state index in [1.165, 1.54) is 10.8 Å². The molecule has 19 heavy (non-hydrogen) atoms. The molecule has 0 fully saturated rings. The van der Waals surface area contributed by atoms with Crippen molar-refractivity contribution in [2.75, 3.05) is 6.54 Å². The van der Waals surface area contributed by atoms with Gasteiger partial charge < -0.3 is 9.88 Å². The topological polar surface area (TPSA) is 94.2 Å². The van der Waals surface area contributed by atoms with Crippen LogP contribution in [0.25, 0.3) is 0 Å². The summed E-state index contributed by atoms with van der Waals surface area (Å²) >= 11 is 0. The molecule has 0 aromatic carbocycles. The van der Waals surface area contributed by atoms with Crippen LogP contribution >= 0.6 is 0 Å². The van der Waals surface area contributed by atoms with Gasteiger partial charge in [-0.05, 0) is 12.5 Å². The molecule has 0 aliphatic heterocycles. The third kappa shape index (κ3) is 4.28. The lowest BCUT2D eigenvalue weighted by atomic mass is 10.3. The molecule has 6 nitrogen and oxygen atoms in total. The van der Waals surface area contributed by atoms with Gasteiger partial charge in [0.2, 0.25) is 10.0 Å². The van der Waals surface area contributed by atoms with Gasteiger partial charge in [0, 0.05) is 12.7 Å². The zero-order chi connectivity index (χ0) is 14.6. The number of primary sulfonamides is 1. The van der Waals surface area contributed by atoms with Crippen LogP contribution in [0.2, 0.25) is 0 Å². The molecule has 3 N–H and O–H groups in total. The first-order valence-electron chi connectivity index (χ1n) is 5.55. The van der Waals surface area contributed by atoms with Gasteiger partial charge in [0.1, 0.15) is 10.6 Å². The summed E-state index contributed by atoms with van der Waals surface area (Å²) in [7, 11) is -3.94. The monoisotopic (exact) mass is 295 g/mol. The van der Waals surface area contributed by atoms with Gasteiger partial charge in [-0.15, -0.1) is 0 Å². The molecule has 0 aliphatic carbocycles. The lowest BCUT2D eigenvalue weighted by Crippen LogP contribution is -2.30. The fraction of sp³-hybridized carbons (Fsp3) is 0.500. The zero-order valence-corrected chi connectivity index (χ0v) is 11.1. The fourth-order valence-corrected chi connectivity index (χ4v) is 2.07. The van der Waals surface area contributed by atoms with Crippen molar-refractivity contribution in [3.8, 4) is 0 Å². The second-order valence-corrected chi connectivity index (χ2v) is 5.46. The first kappa shape index (κ1) is 15.6. The molecule has 0 bridgehead atoms. The molecular formula is C10H15F2N3O3S. The lowest BCUT2D eigenvalue weighted by Gasteiger charge is -2.07. The van der Waals surface area contributed by atoms with Gasteiger partial charge in [0.25, 0.3) is 12.3 Å². The van der Waals surface area contributed by atoms with Crippen molar-refractivity contribution in [3.63, 3.8) is 0 Å². The SMILES string of the molecule is CCCn1cc(S(N)(=O)=O)cc1C(=O)NCC(F)F. The number of nitrogens with one attached hydrogen (secondary N) is 1. The summed E-state index contributed by atoms with van der Waals surface area (Å²) in [6.45, 7) is 1.42. The number of hydrogen-bond acceptors (Lipinski definition) is 3. The number of carbonyl (C=O) groups is 1. The van der Waals surface area contributed by atoms with E-state index < -0.39 is 28.9 Å². The Morgan fingerprint density at radius 1 is 1.53 bits per heavy atom. The van der Waals surface area contributed by atoms with E-state index >= 15 is 0 Å². The fourth-order valence-electron chi connectivity index (χ4n) is 1.52. The molecule has 9 heteroatoms. The van der Waals surface area contributed by atoms with E-state index in [0.717, 1.165) is 6.07 Å². The molecule has 1 amide bonds. The second kappa shape index (κ2) is 6.11. The molecule has 0 atom stereocenters. The van der Waals surface area contributed by atoms with Crippen LogP contribution in [-0.4, -0.2) is 31.9 Å². The van der Waals surface area contributed by atoms with Crippen LogP contribution in [0.5, 0.6) is 0 Å². The molecule has 1 aromatic rings. The van der Waals surface area contributed by atoms with Crippen LogP contribution in [0.4, 0.5) is 8.78 Å². The van der Waals surface area contributed by atoms with Gasteiger partial charge in [-0.3, -0.25) is 4.79 Å². The number of nitrogens with two attached hydrogens (primary N) is 1. The van der Waals surface area contributed by atoms with Crippen molar-refractivity contribution in [1.82, 2.24) is 9.88 Å². The minimum absolute atomic E-state index is 0.00785. The molecule has 0 saturated heterocycles.